The average Bonchev–Trinajstić information content (AvgIpc) is 2.55. The molecule has 1 saturated heterocycles. The van der Waals surface area contributed by atoms with Crippen LogP contribution < -0.4 is 5.69 Å². The summed E-state index contributed by atoms with van der Waals surface area (Å²) in [4.78, 5) is 17.5. The fourth-order valence-corrected chi connectivity index (χ4v) is 4.37. The molecule has 0 radical (unpaired) electrons. The monoisotopic (exact) mass is 337 g/mol. The van der Waals surface area contributed by atoms with E-state index in [-0.39, 0.29) is 17.4 Å². The van der Waals surface area contributed by atoms with Crippen LogP contribution in [-0.2, 0) is 10.0 Å². The minimum Gasteiger partial charge on any atom is -0.309 e. The van der Waals surface area contributed by atoms with E-state index in [1.54, 1.807) is 6.07 Å². The first-order valence-corrected chi connectivity index (χ1v) is 8.72. The standard InChI is InChI=1S/C15H16FN3O3S/c16-12-4-1-5-13(9-12)23(21,22)19-8-2-3-11(10-19)14-6-7-17-15(20)18-14/h1,4-7,9,11H,2-3,8,10H2,(H,17,18,20)/t11-/m1/s1. The maximum atomic E-state index is 13.3. The van der Waals surface area contributed by atoms with Crippen molar-refractivity contribution in [2.24, 2.45) is 0 Å². The van der Waals surface area contributed by atoms with Gasteiger partial charge in [0.1, 0.15) is 5.82 Å². The van der Waals surface area contributed by atoms with Crippen LogP contribution in [0.4, 0.5) is 4.39 Å². The molecule has 122 valence electrons. The normalized spacial score (nSPS) is 19.6. The highest BCUT2D eigenvalue weighted by molar-refractivity contribution is 7.89. The van der Waals surface area contributed by atoms with Crippen LogP contribution >= 0.6 is 0 Å². The molecule has 8 heteroatoms. The van der Waals surface area contributed by atoms with Crippen molar-refractivity contribution < 1.29 is 12.8 Å². The second kappa shape index (κ2) is 6.21. The van der Waals surface area contributed by atoms with Gasteiger partial charge >= 0.3 is 5.69 Å². The highest BCUT2D eigenvalue weighted by Gasteiger charge is 2.31. The van der Waals surface area contributed by atoms with Crippen LogP contribution in [0.25, 0.3) is 0 Å². The van der Waals surface area contributed by atoms with Crippen LogP contribution in [0.2, 0.25) is 0 Å². The summed E-state index contributed by atoms with van der Waals surface area (Å²) >= 11 is 0. The Morgan fingerprint density at radius 1 is 1.30 bits per heavy atom. The second-order valence-corrected chi connectivity index (χ2v) is 7.43. The number of piperidine rings is 1. The summed E-state index contributed by atoms with van der Waals surface area (Å²) in [5.74, 6) is -0.694. The molecular weight excluding hydrogens is 321 g/mol. The molecule has 1 atom stereocenters. The van der Waals surface area contributed by atoms with E-state index in [0.717, 1.165) is 12.5 Å². The molecule has 0 saturated carbocycles. The zero-order valence-corrected chi connectivity index (χ0v) is 13.1. The highest BCUT2D eigenvalue weighted by atomic mass is 32.2. The Morgan fingerprint density at radius 2 is 2.13 bits per heavy atom. The molecule has 1 fully saturated rings. The van der Waals surface area contributed by atoms with Crippen LogP contribution in [0.1, 0.15) is 24.5 Å². The van der Waals surface area contributed by atoms with Crippen LogP contribution in [-0.4, -0.2) is 35.8 Å². The lowest BCUT2D eigenvalue weighted by molar-refractivity contribution is 0.312. The third-order valence-corrected chi connectivity index (χ3v) is 5.82. The van der Waals surface area contributed by atoms with Crippen LogP contribution in [0.5, 0.6) is 0 Å². The van der Waals surface area contributed by atoms with Crippen molar-refractivity contribution in [1.82, 2.24) is 14.3 Å². The topological polar surface area (TPSA) is 83.1 Å². The molecule has 0 unspecified atom stereocenters. The van der Waals surface area contributed by atoms with E-state index in [1.807, 2.05) is 0 Å². The van der Waals surface area contributed by atoms with Crippen molar-refractivity contribution in [3.8, 4) is 0 Å². The minimum absolute atomic E-state index is 0.0543. The van der Waals surface area contributed by atoms with Gasteiger partial charge in [-0.3, -0.25) is 0 Å². The van der Waals surface area contributed by atoms with Gasteiger partial charge in [0.05, 0.1) is 4.90 Å². The fourth-order valence-electron chi connectivity index (χ4n) is 2.81. The molecule has 3 rings (SSSR count). The predicted molar refractivity (Wildman–Crippen MR) is 82.0 cm³/mol. The molecule has 1 aliphatic heterocycles. The summed E-state index contributed by atoms with van der Waals surface area (Å²) in [6.45, 7) is 0.628. The Labute approximate surface area is 133 Å². The number of hydrogen-bond acceptors (Lipinski definition) is 4. The Kier molecular flexibility index (Phi) is 4.27. The largest absolute Gasteiger partial charge is 0.345 e. The van der Waals surface area contributed by atoms with E-state index in [9.17, 15) is 17.6 Å². The molecule has 1 aromatic heterocycles. The van der Waals surface area contributed by atoms with Gasteiger partial charge in [-0.15, -0.1) is 0 Å². The average molecular weight is 337 g/mol. The number of H-pyrrole nitrogens is 1. The molecular formula is C15H16FN3O3S. The number of benzene rings is 1. The molecule has 1 N–H and O–H groups in total. The summed E-state index contributed by atoms with van der Waals surface area (Å²) in [5.41, 5.74) is 0.219. The molecule has 2 aromatic rings. The molecule has 0 spiro atoms. The smallest absolute Gasteiger partial charge is 0.309 e. The van der Waals surface area contributed by atoms with Gasteiger partial charge in [-0.05, 0) is 37.1 Å². The molecule has 0 bridgehead atoms. The lowest BCUT2D eigenvalue weighted by Crippen LogP contribution is -2.39. The van der Waals surface area contributed by atoms with E-state index < -0.39 is 21.5 Å². The lowest BCUT2D eigenvalue weighted by Gasteiger charge is -2.31. The van der Waals surface area contributed by atoms with Crippen molar-refractivity contribution in [2.75, 3.05) is 13.1 Å². The van der Waals surface area contributed by atoms with Gasteiger partial charge in [0, 0.05) is 30.9 Å². The molecule has 6 nitrogen and oxygen atoms in total. The maximum absolute atomic E-state index is 13.3. The second-order valence-electron chi connectivity index (χ2n) is 5.49. The Balaban J connectivity index is 1.87. The first-order valence-electron chi connectivity index (χ1n) is 7.28. The van der Waals surface area contributed by atoms with E-state index >= 15 is 0 Å². The number of halogens is 1. The zero-order chi connectivity index (χ0) is 16.4. The van der Waals surface area contributed by atoms with Crippen LogP contribution in [0.3, 0.4) is 0 Å². The van der Waals surface area contributed by atoms with Crippen LogP contribution in [0, 0.1) is 5.82 Å². The molecule has 23 heavy (non-hydrogen) atoms. The molecule has 2 heterocycles. The summed E-state index contributed by atoms with van der Waals surface area (Å²) in [6, 6.07) is 6.68. The van der Waals surface area contributed by atoms with E-state index in [1.165, 1.54) is 28.7 Å². The number of rotatable bonds is 3. The number of sulfonamides is 1. The highest BCUT2D eigenvalue weighted by Crippen LogP contribution is 2.28. The zero-order valence-electron chi connectivity index (χ0n) is 12.3. The SMILES string of the molecule is O=c1nccc([C@@H]2CCCN(S(=O)(=O)c3cccc(F)c3)C2)[nH]1. The van der Waals surface area contributed by atoms with Gasteiger partial charge in [-0.2, -0.15) is 4.31 Å². The summed E-state index contributed by atoms with van der Waals surface area (Å²) in [7, 11) is -3.75. The van der Waals surface area contributed by atoms with Gasteiger partial charge in [0.2, 0.25) is 10.0 Å². The van der Waals surface area contributed by atoms with E-state index in [0.29, 0.717) is 18.7 Å². The number of nitrogens with zero attached hydrogens (tertiary/aromatic N) is 2. The lowest BCUT2D eigenvalue weighted by atomic mass is 9.96. The predicted octanol–water partition coefficient (Wildman–Crippen LogP) is 1.48. The summed E-state index contributed by atoms with van der Waals surface area (Å²) in [6.07, 6.45) is 2.85. The van der Waals surface area contributed by atoms with Gasteiger partial charge in [0.15, 0.2) is 0 Å². The van der Waals surface area contributed by atoms with E-state index in [2.05, 4.69) is 9.97 Å². The summed E-state index contributed by atoms with van der Waals surface area (Å²) < 4.78 is 40.0. The number of aromatic nitrogens is 2. The van der Waals surface area contributed by atoms with Gasteiger partial charge in [-0.25, -0.2) is 22.6 Å². The molecule has 1 aromatic carbocycles. The molecule has 0 amide bonds. The molecule has 1 aliphatic rings. The number of hydrogen-bond donors (Lipinski definition) is 1. The third kappa shape index (κ3) is 3.32. The first kappa shape index (κ1) is 15.8. The Hall–Kier alpha value is -2.06. The van der Waals surface area contributed by atoms with Crippen molar-refractivity contribution in [3.63, 3.8) is 0 Å². The van der Waals surface area contributed by atoms with Gasteiger partial charge < -0.3 is 4.98 Å². The minimum atomic E-state index is -3.75. The fraction of sp³-hybridized carbons (Fsp3) is 0.333. The first-order chi connectivity index (χ1) is 11.0. The Bertz CT molecular complexity index is 866. The van der Waals surface area contributed by atoms with Gasteiger partial charge in [-0.1, -0.05) is 6.07 Å². The van der Waals surface area contributed by atoms with Crippen LogP contribution in [0.15, 0.2) is 46.2 Å². The van der Waals surface area contributed by atoms with Crippen molar-refractivity contribution in [2.45, 2.75) is 23.7 Å². The van der Waals surface area contributed by atoms with E-state index in [4.69, 9.17) is 0 Å². The quantitative estimate of drug-likeness (QED) is 0.919. The summed E-state index contributed by atoms with van der Waals surface area (Å²) in [5, 5.41) is 0. The van der Waals surface area contributed by atoms with Crippen molar-refractivity contribution in [1.29, 1.82) is 0 Å². The Morgan fingerprint density at radius 3 is 2.87 bits per heavy atom. The molecule has 0 aliphatic carbocycles. The van der Waals surface area contributed by atoms with Crippen molar-refractivity contribution in [3.05, 3.63) is 58.5 Å². The third-order valence-electron chi connectivity index (χ3n) is 3.95. The van der Waals surface area contributed by atoms with Crippen molar-refractivity contribution >= 4 is 10.0 Å². The number of nitrogens with one attached hydrogen (secondary N) is 1. The maximum Gasteiger partial charge on any atom is 0.345 e. The van der Waals surface area contributed by atoms with Gasteiger partial charge in [0.25, 0.3) is 0 Å². The number of aromatic amines is 1.